The molecule has 5 aliphatic rings. The number of rotatable bonds is 4. The predicted molar refractivity (Wildman–Crippen MR) is 142 cm³/mol. The maximum Gasteiger partial charge on any atom is 0.226 e. The van der Waals surface area contributed by atoms with E-state index in [4.69, 9.17) is 16.4 Å². The molecule has 10 heteroatoms. The lowest BCUT2D eigenvalue weighted by Crippen LogP contribution is -2.70. The van der Waals surface area contributed by atoms with Crippen molar-refractivity contribution in [3.63, 3.8) is 0 Å². The van der Waals surface area contributed by atoms with Crippen molar-refractivity contribution < 1.29 is 32.7 Å². The second-order valence-electron chi connectivity index (χ2n) is 12.1. The van der Waals surface area contributed by atoms with Crippen molar-refractivity contribution in [3.05, 3.63) is 58.7 Å². The van der Waals surface area contributed by atoms with Gasteiger partial charge in [-0.2, -0.15) is 5.06 Å². The number of allylic oxidation sites excluding steroid dienone is 4. The molecule has 0 amide bonds. The van der Waals surface area contributed by atoms with E-state index in [0.29, 0.717) is 36.3 Å². The van der Waals surface area contributed by atoms with E-state index in [-0.39, 0.29) is 18.4 Å². The van der Waals surface area contributed by atoms with Crippen LogP contribution in [-0.2, 0) is 21.0 Å². The number of carbonyl (C=O) groups is 2. The molecule has 1 aliphatic heterocycles. The average molecular weight is 582 g/mol. The number of hydrogen-bond acceptors (Lipinski definition) is 6. The lowest BCUT2D eigenvalue weighted by atomic mass is 9.44. The van der Waals surface area contributed by atoms with Crippen LogP contribution in [0.15, 0.2) is 48.1 Å². The van der Waals surface area contributed by atoms with Gasteiger partial charge in [-0.3, -0.25) is 14.4 Å². The second-order valence-corrected chi connectivity index (χ2v) is 13.4. The number of fused-ring (bicyclic) bond motifs is 7. The van der Waals surface area contributed by atoms with Gasteiger partial charge in [0.25, 0.3) is 0 Å². The summed E-state index contributed by atoms with van der Waals surface area (Å²) in [6.07, 6.45) is 0.720. The SMILES string of the molecule is CC12C=CC(=O)C=C1C(F)CC1C3CC4CN(Cc5ccc(Cl)cc5)OC4(C(=O)SCF)C3(C)CC(O)C12F. The molecule has 1 heterocycles. The van der Waals surface area contributed by atoms with Crippen LogP contribution in [0.25, 0.3) is 0 Å². The molecule has 1 aromatic rings. The minimum Gasteiger partial charge on any atom is -0.390 e. The number of thioether (sulfide) groups is 1. The zero-order valence-corrected chi connectivity index (χ0v) is 23.3. The number of hydrogen-bond donors (Lipinski definition) is 1. The summed E-state index contributed by atoms with van der Waals surface area (Å²) in [5.74, 6) is -2.23. The van der Waals surface area contributed by atoms with E-state index < -0.39 is 69.0 Å². The number of halogens is 4. The van der Waals surface area contributed by atoms with Crippen molar-refractivity contribution in [2.75, 3.05) is 12.6 Å². The Morgan fingerprint density at radius 1 is 1.23 bits per heavy atom. The molecular formula is C29H31ClF3NO4S. The molecule has 1 N–H and O–H groups in total. The van der Waals surface area contributed by atoms with Crippen molar-refractivity contribution in [3.8, 4) is 0 Å². The molecule has 0 bridgehead atoms. The largest absolute Gasteiger partial charge is 0.390 e. The highest BCUT2D eigenvalue weighted by Crippen LogP contribution is 2.73. The smallest absolute Gasteiger partial charge is 0.226 e. The minimum atomic E-state index is -2.25. The molecular weight excluding hydrogens is 551 g/mol. The maximum atomic E-state index is 17.5. The number of ketones is 1. The van der Waals surface area contributed by atoms with Crippen molar-refractivity contribution in [1.29, 1.82) is 0 Å². The molecule has 4 fully saturated rings. The number of hydroxylamine groups is 2. The molecule has 9 unspecified atom stereocenters. The summed E-state index contributed by atoms with van der Waals surface area (Å²) in [6, 6.07) is 6.29. The van der Waals surface area contributed by atoms with Crippen molar-refractivity contribution in [1.82, 2.24) is 5.06 Å². The molecule has 9 atom stereocenters. The second kappa shape index (κ2) is 9.18. The van der Waals surface area contributed by atoms with E-state index in [9.17, 15) is 19.1 Å². The molecule has 4 aliphatic carbocycles. The van der Waals surface area contributed by atoms with E-state index in [2.05, 4.69) is 0 Å². The van der Waals surface area contributed by atoms with Crippen molar-refractivity contribution in [2.24, 2.45) is 28.6 Å². The monoisotopic (exact) mass is 581 g/mol. The fraction of sp³-hybridized carbons (Fsp3) is 0.586. The Morgan fingerprint density at radius 3 is 2.64 bits per heavy atom. The molecule has 5 nitrogen and oxygen atoms in total. The van der Waals surface area contributed by atoms with Gasteiger partial charge in [0.15, 0.2) is 17.1 Å². The van der Waals surface area contributed by atoms with E-state index in [1.165, 1.54) is 12.2 Å². The third-order valence-corrected chi connectivity index (χ3v) is 11.4. The lowest BCUT2D eigenvalue weighted by molar-refractivity contribution is -0.266. The van der Waals surface area contributed by atoms with Crippen LogP contribution in [0.5, 0.6) is 0 Å². The molecule has 0 spiro atoms. The van der Waals surface area contributed by atoms with Crippen LogP contribution in [0.2, 0.25) is 5.02 Å². The summed E-state index contributed by atoms with van der Waals surface area (Å²) in [4.78, 5) is 32.3. The van der Waals surface area contributed by atoms with Gasteiger partial charge in [-0.05, 0) is 67.5 Å². The van der Waals surface area contributed by atoms with Gasteiger partial charge < -0.3 is 5.11 Å². The molecule has 0 radical (unpaired) electrons. The van der Waals surface area contributed by atoms with Gasteiger partial charge in [0.1, 0.15) is 12.2 Å². The van der Waals surface area contributed by atoms with Crippen LogP contribution >= 0.6 is 23.4 Å². The summed E-state index contributed by atoms with van der Waals surface area (Å²) in [6.45, 7) is 4.07. The van der Waals surface area contributed by atoms with Gasteiger partial charge in [-0.15, -0.1) is 0 Å². The Morgan fingerprint density at radius 2 is 1.95 bits per heavy atom. The van der Waals surface area contributed by atoms with Gasteiger partial charge in [0.05, 0.1) is 6.10 Å². The minimum absolute atomic E-state index is 0.0544. The summed E-state index contributed by atoms with van der Waals surface area (Å²) < 4.78 is 46.7. The van der Waals surface area contributed by atoms with Crippen molar-refractivity contribution in [2.45, 2.75) is 63.2 Å². The highest BCUT2D eigenvalue weighted by atomic mass is 35.5. The van der Waals surface area contributed by atoms with Crippen LogP contribution in [0.3, 0.4) is 0 Å². The molecule has 39 heavy (non-hydrogen) atoms. The van der Waals surface area contributed by atoms with Gasteiger partial charge in [-0.25, -0.2) is 13.2 Å². The van der Waals surface area contributed by atoms with Crippen LogP contribution < -0.4 is 0 Å². The first-order chi connectivity index (χ1) is 18.4. The van der Waals surface area contributed by atoms with Crippen molar-refractivity contribution >= 4 is 34.3 Å². The topological polar surface area (TPSA) is 66.8 Å². The summed E-state index contributed by atoms with van der Waals surface area (Å²) in [7, 11) is 0. The van der Waals surface area contributed by atoms with Crippen LogP contribution in [0, 0.1) is 28.6 Å². The number of aliphatic hydroxyl groups is 1. The number of alkyl halides is 3. The lowest BCUT2D eigenvalue weighted by Gasteiger charge is -2.63. The maximum absolute atomic E-state index is 17.5. The summed E-state index contributed by atoms with van der Waals surface area (Å²) in [5.41, 5.74) is -5.36. The first-order valence-electron chi connectivity index (χ1n) is 13.3. The van der Waals surface area contributed by atoms with Gasteiger partial charge in [-0.1, -0.05) is 48.5 Å². The highest BCUT2D eigenvalue weighted by Gasteiger charge is 2.79. The Bertz CT molecular complexity index is 1280. The fourth-order valence-corrected chi connectivity index (χ4v) is 9.58. The van der Waals surface area contributed by atoms with Crippen LogP contribution in [-0.4, -0.2) is 57.2 Å². The zero-order valence-electron chi connectivity index (χ0n) is 21.7. The van der Waals surface area contributed by atoms with Crippen LogP contribution in [0.4, 0.5) is 13.2 Å². The van der Waals surface area contributed by atoms with Gasteiger partial charge >= 0.3 is 0 Å². The Kier molecular flexibility index (Phi) is 6.48. The number of nitrogens with zero attached hydrogens (tertiary/aromatic N) is 1. The fourth-order valence-electron chi connectivity index (χ4n) is 8.71. The van der Waals surface area contributed by atoms with E-state index in [1.807, 2.05) is 19.1 Å². The van der Waals surface area contributed by atoms with Crippen LogP contribution in [0.1, 0.15) is 38.7 Å². The number of aliphatic hydroxyl groups excluding tert-OH is 1. The highest BCUT2D eigenvalue weighted by molar-refractivity contribution is 8.13. The normalized spacial score (nSPS) is 44.8. The molecule has 6 rings (SSSR count). The molecule has 0 aromatic heterocycles. The Balaban J connectivity index is 1.40. The van der Waals surface area contributed by atoms with E-state index in [1.54, 1.807) is 24.1 Å². The molecule has 3 saturated carbocycles. The van der Waals surface area contributed by atoms with E-state index in [0.717, 1.165) is 11.6 Å². The molecule has 210 valence electrons. The van der Waals surface area contributed by atoms with Gasteiger partial charge in [0, 0.05) is 40.8 Å². The first-order valence-corrected chi connectivity index (χ1v) is 14.6. The predicted octanol–water partition coefficient (Wildman–Crippen LogP) is 5.56. The number of carbonyl (C=O) groups excluding carboxylic acids is 2. The quantitative estimate of drug-likeness (QED) is 0.502. The molecule has 1 aromatic carbocycles. The Labute approximate surface area is 234 Å². The van der Waals surface area contributed by atoms with E-state index >= 15 is 8.78 Å². The standard InChI is InChI=1S/C29H31ClF3NO4S/c1-26-8-7-19(35)10-22(26)23(32)11-21-20-9-17-14-34(13-16-3-5-18(30)6-4-16)38-29(17,25(37)39-15-31)27(20,2)12-24(36)28(21,26)33/h3-8,10,17,20-21,23-24,36H,9,11-15H2,1-2H3. The summed E-state index contributed by atoms with van der Waals surface area (Å²) in [5, 5.41) is 13.4. The third kappa shape index (κ3) is 3.59. The Hall–Kier alpha value is -1.65. The van der Waals surface area contributed by atoms with Gasteiger partial charge in [0.2, 0.25) is 5.12 Å². The third-order valence-electron chi connectivity index (χ3n) is 10.4. The summed E-state index contributed by atoms with van der Waals surface area (Å²) >= 11 is 6.54. The average Bonchev–Trinajstić information content (AvgIpc) is 3.36. The first kappa shape index (κ1) is 27.5. The number of benzene rings is 1. The zero-order chi connectivity index (χ0) is 28.0. The molecule has 1 saturated heterocycles.